The Labute approximate surface area is 136 Å². The highest BCUT2D eigenvalue weighted by Gasteiger charge is 2.26. The minimum Gasteiger partial charge on any atom is -0.364 e. The molecule has 2 aromatic heterocycles. The van der Waals surface area contributed by atoms with E-state index in [0.29, 0.717) is 5.92 Å². The van der Waals surface area contributed by atoms with Gasteiger partial charge < -0.3 is 10.3 Å². The number of aromatic amines is 1. The Hall–Kier alpha value is -2.62. The monoisotopic (exact) mass is 304 g/mol. The summed E-state index contributed by atoms with van der Waals surface area (Å²) in [6, 6.07) is 12.6. The molecule has 0 amide bonds. The third kappa shape index (κ3) is 3.26. The number of imidazole rings is 1. The van der Waals surface area contributed by atoms with Gasteiger partial charge in [-0.05, 0) is 37.5 Å². The molecule has 1 fully saturated rings. The average molecular weight is 304 g/mol. The number of aryl methyl sites for hydroxylation is 1. The SMILES string of the molecule is Cc1cccc(-c2ccc(NCc3cnc(C4CC4)[nH]3)nc2)c1. The molecule has 4 rings (SSSR count). The number of hydrogen-bond acceptors (Lipinski definition) is 3. The third-order valence-corrected chi connectivity index (χ3v) is 4.19. The maximum atomic E-state index is 4.51. The molecule has 1 aliphatic rings. The summed E-state index contributed by atoms with van der Waals surface area (Å²) in [5.41, 5.74) is 4.70. The molecule has 4 nitrogen and oxygen atoms in total. The van der Waals surface area contributed by atoms with Crippen LogP contribution in [0.1, 0.15) is 35.8 Å². The number of H-pyrrole nitrogens is 1. The van der Waals surface area contributed by atoms with Gasteiger partial charge in [0.2, 0.25) is 0 Å². The largest absolute Gasteiger partial charge is 0.364 e. The van der Waals surface area contributed by atoms with Gasteiger partial charge in [-0.15, -0.1) is 0 Å². The van der Waals surface area contributed by atoms with Crippen molar-refractivity contribution >= 4 is 5.82 Å². The van der Waals surface area contributed by atoms with Gasteiger partial charge in [-0.3, -0.25) is 0 Å². The van der Waals surface area contributed by atoms with E-state index in [9.17, 15) is 0 Å². The molecule has 23 heavy (non-hydrogen) atoms. The van der Waals surface area contributed by atoms with Crippen molar-refractivity contribution in [1.82, 2.24) is 15.0 Å². The number of nitrogens with zero attached hydrogens (tertiary/aromatic N) is 2. The fraction of sp³-hybridized carbons (Fsp3) is 0.263. The zero-order chi connectivity index (χ0) is 15.6. The van der Waals surface area contributed by atoms with Crippen LogP contribution in [0, 0.1) is 6.92 Å². The van der Waals surface area contributed by atoms with Crippen molar-refractivity contribution in [2.45, 2.75) is 32.2 Å². The minimum atomic E-state index is 0.662. The fourth-order valence-electron chi connectivity index (χ4n) is 2.71. The Kier molecular flexibility index (Phi) is 3.58. The third-order valence-electron chi connectivity index (χ3n) is 4.19. The number of anilines is 1. The summed E-state index contributed by atoms with van der Waals surface area (Å²) in [5, 5.41) is 3.34. The maximum Gasteiger partial charge on any atom is 0.126 e. The van der Waals surface area contributed by atoms with Crippen molar-refractivity contribution in [3.63, 3.8) is 0 Å². The first kappa shape index (κ1) is 14.0. The molecule has 0 spiro atoms. The first-order valence-corrected chi connectivity index (χ1v) is 8.09. The van der Waals surface area contributed by atoms with E-state index in [-0.39, 0.29) is 0 Å². The van der Waals surface area contributed by atoms with E-state index in [1.807, 2.05) is 18.5 Å². The van der Waals surface area contributed by atoms with Crippen molar-refractivity contribution in [3.8, 4) is 11.1 Å². The van der Waals surface area contributed by atoms with Gasteiger partial charge in [0.05, 0.1) is 18.4 Å². The van der Waals surface area contributed by atoms with Gasteiger partial charge in [-0.2, -0.15) is 0 Å². The van der Waals surface area contributed by atoms with E-state index in [1.165, 1.54) is 24.0 Å². The van der Waals surface area contributed by atoms with Crippen molar-refractivity contribution in [2.75, 3.05) is 5.32 Å². The molecule has 1 saturated carbocycles. The number of rotatable bonds is 5. The van der Waals surface area contributed by atoms with E-state index >= 15 is 0 Å². The highest BCUT2D eigenvalue weighted by atomic mass is 15.0. The van der Waals surface area contributed by atoms with Crippen LogP contribution >= 0.6 is 0 Å². The van der Waals surface area contributed by atoms with Gasteiger partial charge in [-0.1, -0.05) is 29.8 Å². The van der Waals surface area contributed by atoms with Crippen molar-refractivity contribution < 1.29 is 0 Å². The Balaban J connectivity index is 1.41. The Morgan fingerprint density at radius 1 is 1.09 bits per heavy atom. The quantitative estimate of drug-likeness (QED) is 0.740. The molecular formula is C19H20N4. The van der Waals surface area contributed by atoms with Crippen LogP contribution in [0.2, 0.25) is 0 Å². The lowest BCUT2D eigenvalue weighted by Crippen LogP contribution is -2.01. The molecule has 2 N–H and O–H groups in total. The second-order valence-electron chi connectivity index (χ2n) is 6.22. The van der Waals surface area contributed by atoms with Gasteiger partial charge in [0.15, 0.2) is 0 Å². The topological polar surface area (TPSA) is 53.6 Å². The predicted octanol–water partition coefficient (Wildman–Crippen LogP) is 4.27. The van der Waals surface area contributed by atoms with Gasteiger partial charge in [0, 0.05) is 17.7 Å². The summed E-state index contributed by atoms with van der Waals surface area (Å²) in [7, 11) is 0. The van der Waals surface area contributed by atoms with Crippen LogP contribution < -0.4 is 5.32 Å². The minimum absolute atomic E-state index is 0.662. The zero-order valence-electron chi connectivity index (χ0n) is 13.2. The number of benzene rings is 1. The molecule has 1 aliphatic carbocycles. The summed E-state index contributed by atoms with van der Waals surface area (Å²) >= 11 is 0. The predicted molar refractivity (Wildman–Crippen MR) is 92.3 cm³/mol. The lowest BCUT2D eigenvalue weighted by molar-refractivity contribution is 0.951. The molecule has 4 heteroatoms. The van der Waals surface area contributed by atoms with Crippen molar-refractivity contribution in [3.05, 3.63) is 65.9 Å². The summed E-state index contributed by atoms with van der Waals surface area (Å²) in [4.78, 5) is 12.3. The Morgan fingerprint density at radius 3 is 2.74 bits per heavy atom. The number of pyridine rings is 1. The highest BCUT2D eigenvalue weighted by Crippen LogP contribution is 2.38. The molecule has 3 aromatic rings. The van der Waals surface area contributed by atoms with Crippen LogP contribution in [0.4, 0.5) is 5.82 Å². The molecule has 0 aliphatic heterocycles. The second kappa shape index (κ2) is 5.88. The van der Waals surface area contributed by atoms with Crippen LogP contribution in [-0.4, -0.2) is 15.0 Å². The summed E-state index contributed by atoms with van der Waals surface area (Å²) in [6.45, 7) is 2.82. The average Bonchev–Trinajstić information content (AvgIpc) is 3.32. The van der Waals surface area contributed by atoms with Crippen molar-refractivity contribution in [2.24, 2.45) is 0 Å². The molecule has 2 heterocycles. The van der Waals surface area contributed by atoms with Crippen LogP contribution in [0.25, 0.3) is 11.1 Å². The normalized spacial score (nSPS) is 14.0. The van der Waals surface area contributed by atoms with Crippen LogP contribution in [-0.2, 0) is 6.54 Å². The number of nitrogens with one attached hydrogen (secondary N) is 2. The molecule has 116 valence electrons. The van der Waals surface area contributed by atoms with Gasteiger partial charge in [-0.25, -0.2) is 9.97 Å². The summed E-state index contributed by atoms with van der Waals surface area (Å²) < 4.78 is 0. The van der Waals surface area contributed by atoms with E-state index < -0.39 is 0 Å². The van der Waals surface area contributed by atoms with E-state index in [2.05, 4.69) is 57.5 Å². The lowest BCUT2D eigenvalue weighted by Gasteiger charge is -2.06. The first-order chi connectivity index (χ1) is 11.3. The van der Waals surface area contributed by atoms with Crippen LogP contribution in [0.15, 0.2) is 48.8 Å². The highest BCUT2D eigenvalue weighted by molar-refractivity contribution is 5.64. The lowest BCUT2D eigenvalue weighted by atomic mass is 10.1. The molecule has 0 bridgehead atoms. The Morgan fingerprint density at radius 2 is 2.00 bits per heavy atom. The fourth-order valence-corrected chi connectivity index (χ4v) is 2.71. The van der Waals surface area contributed by atoms with E-state index in [1.54, 1.807) is 0 Å². The zero-order valence-corrected chi connectivity index (χ0v) is 13.2. The smallest absolute Gasteiger partial charge is 0.126 e. The van der Waals surface area contributed by atoms with Gasteiger partial charge in [0.1, 0.15) is 11.6 Å². The molecule has 0 radical (unpaired) electrons. The second-order valence-corrected chi connectivity index (χ2v) is 6.22. The van der Waals surface area contributed by atoms with E-state index in [4.69, 9.17) is 0 Å². The molecule has 0 saturated heterocycles. The summed E-state index contributed by atoms with van der Waals surface area (Å²) in [5.74, 6) is 2.67. The first-order valence-electron chi connectivity index (χ1n) is 8.09. The van der Waals surface area contributed by atoms with Crippen LogP contribution in [0.5, 0.6) is 0 Å². The number of aromatic nitrogens is 3. The molecule has 0 atom stereocenters. The standard InChI is InChI=1S/C19H20N4/c1-13-3-2-4-15(9-13)16-7-8-18(20-10-16)21-11-17-12-22-19(23-17)14-5-6-14/h2-4,7-10,12,14H,5-6,11H2,1H3,(H,20,21)(H,22,23). The summed E-state index contributed by atoms with van der Waals surface area (Å²) in [6.07, 6.45) is 6.37. The van der Waals surface area contributed by atoms with Gasteiger partial charge in [0.25, 0.3) is 0 Å². The van der Waals surface area contributed by atoms with Crippen molar-refractivity contribution in [1.29, 1.82) is 0 Å². The number of hydrogen-bond donors (Lipinski definition) is 2. The molecular weight excluding hydrogens is 284 g/mol. The maximum absolute atomic E-state index is 4.51. The molecule has 1 aromatic carbocycles. The molecule has 0 unspecified atom stereocenters. The van der Waals surface area contributed by atoms with Crippen LogP contribution in [0.3, 0.4) is 0 Å². The van der Waals surface area contributed by atoms with Gasteiger partial charge >= 0.3 is 0 Å². The Bertz CT molecular complexity index is 800. The van der Waals surface area contributed by atoms with E-state index in [0.717, 1.165) is 29.4 Å².